The molecule has 0 fully saturated rings. The Morgan fingerprint density at radius 1 is 1.44 bits per heavy atom. The van der Waals surface area contributed by atoms with Gasteiger partial charge in [-0.25, -0.2) is 4.57 Å². The highest BCUT2D eigenvalue weighted by atomic mass is 79.9. The van der Waals surface area contributed by atoms with E-state index in [-0.39, 0.29) is 5.75 Å². The second kappa shape index (κ2) is 4.05. The van der Waals surface area contributed by atoms with Crippen LogP contribution in [0, 0.1) is 0 Å². The Labute approximate surface area is 104 Å². The Bertz CT molecular complexity index is 593. The second-order valence-corrected chi connectivity index (χ2v) is 5.53. The molecule has 2 rings (SSSR count). The van der Waals surface area contributed by atoms with Gasteiger partial charge in [0, 0.05) is 10.7 Å². The SMILES string of the molecule is O=P(O)(O)Oc1c[nH]c2cc(Br)cc(Cl)c12. The summed E-state index contributed by atoms with van der Waals surface area (Å²) in [6, 6.07) is 3.35. The molecule has 1 aromatic carbocycles. The van der Waals surface area contributed by atoms with Crippen LogP contribution in [0.5, 0.6) is 5.75 Å². The van der Waals surface area contributed by atoms with E-state index in [1.54, 1.807) is 12.1 Å². The van der Waals surface area contributed by atoms with Crippen molar-refractivity contribution in [1.82, 2.24) is 4.98 Å². The number of nitrogens with one attached hydrogen (secondary N) is 1. The smallest absolute Gasteiger partial charge is 0.402 e. The molecule has 0 aliphatic heterocycles. The molecule has 5 nitrogen and oxygen atoms in total. The first-order chi connectivity index (χ1) is 7.37. The van der Waals surface area contributed by atoms with Gasteiger partial charge in [-0.1, -0.05) is 27.5 Å². The first kappa shape index (κ1) is 12.0. The van der Waals surface area contributed by atoms with Crippen molar-refractivity contribution in [2.75, 3.05) is 0 Å². The molecule has 1 heterocycles. The lowest BCUT2D eigenvalue weighted by Gasteiger charge is -2.05. The van der Waals surface area contributed by atoms with Gasteiger partial charge in [-0.15, -0.1) is 0 Å². The number of aromatic nitrogens is 1. The molecule has 16 heavy (non-hydrogen) atoms. The summed E-state index contributed by atoms with van der Waals surface area (Å²) in [6.45, 7) is 0. The van der Waals surface area contributed by atoms with Crippen molar-refractivity contribution in [3.05, 3.63) is 27.8 Å². The molecule has 8 heteroatoms. The van der Waals surface area contributed by atoms with Crippen LogP contribution in [0.2, 0.25) is 5.02 Å². The average molecular weight is 326 g/mol. The van der Waals surface area contributed by atoms with Crippen molar-refractivity contribution in [2.24, 2.45) is 0 Å². The lowest BCUT2D eigenvalue weighted by Crippen LogP contribution is -1.88. The van der Waals surface area contributed by atoms with E-state index in [4.69, 9.17) is 21.4 Å². The fraction of sp³-hybridized carbons (Fsp3) is 0. The lowest BCUT2D eigenvalue weighted by atomic mass is 10.2. The van der Waals surface area contributed by atoms with E-state index in [0.717, 1.165) is 4.47 Å². The highest BCUT2D eigenvalue weighted by Crippen LogP contribution is 2.43. The normalized spacial score (nSPS) is 12.0. The molecule has 0 spiro atoms. The largest absolute Gasteiger partial charge is 0.524 e. The molecule has 0 aliphatic rings. The van der Waals surface area contributed by atoms with Gasteiger partial charge in [0.25, 0.3) is 0 Å². The van der Waals surface area contributed by atoms with Gasteiger partial charge in [0.05, 0.1) is 15.9 Å². The minimum atomic E-state index is -4.58. The number of H-pyrrole nitrogens is 1. The number of hydrogen-bond donors (Lipinski definition) is 3. The zero-order chi connectivity index (χ0) is 11.9. The van der Waals surface area contributed by atoms with E-state index in [1.807, 2.05) is 0 Å². The molecular weight excluding hydrogens is 320 g/mol. The number of aromatic amines is 1. The summed E-state index contributed by atoms with van der Waals surface area (Å²) >= 11 is 9.21. The zero-order valence-electron chi connectivity index (χ0n) is 7.65. The molecule has 0 bridgehead atoms. The Balaban J connectivity index is 2.61. The van der Waals surface area contributed by atoms with Crippen LogP contribution in [-0.2, 0) is 4.57 Å². The number of halogens is 2. The predicted molar refractivity (Wildman–Crippen MR) is 63.7 cm³/mol. The van der Waals surface area contributed by atoms with Crippen LogP contribution in [0.4, 0.5) is 0 Å². The highest BCUT2D eigenvalue weighted by Gasteiger charge is 2.20. The van der Waals surface area contributed by atoms with Gasteiger partial charge >= 0.3 is 7.82 Å². The van der Waals surface area contributed by atoms with Crippen molar-refractivity contribution < 1.29 is 18.9 Å². The molecule has 0 unspecified atom stereocenters. The van der Waals surface area contributed by atoms with Crippen molar-refractivity contribution in [2.45, 2.75) is 0 Å². The van der Waals surface area contributed by atoms with Crippen LogP contribution >= 0.6 is 35.4 Å². The Morgan fingerprint density at radius 2 is 2.12 bits per heavy atom. The van der Waals surface area contributed by atoms with Crippen LogP contribution in [0.3, 0.4) is 0 Å². The summed E-state index contributed by atoms with van der Waals surface area (Å²) in [5.74, 6) is 0.0285. The summed E-state index contributed by atoms with van der Waals surface area (Å²) in [6.07, 6.45) is 1.35. The van der Waals surface area contributed by atoms with Crippen LogP contribution in [-0.4, -0.2) is 14.8 Å². The fourth-order valence-electron chi connectivity index (χ4n) is 1.35. The molecule has 3 N–H and O–H groups in total. The first-order valence-electron chi connectivity index (χ1n) is 4.08. The van der Waals surface area contributed by atoms with E-state index in [1.165, 1.54) is 6.20 Å². The maximum Gasteiger partial charge on any atom is 0.524 e. The van der Waals surface area contributed by atoms with Crippen molar-refractivity contribution in [1.29, 1.82) is 0 Å². The van der Waals surface area contributed by atoms with E-state index in [2.05, 4.69) is 25.4 Å². The van der Waals surface area contributed by atoms with Crippen molar-refractivity contribution in [3.63, 3.8) is 0 Å². The quantitative estimate of drug-likeness (QED) is 0.741. The maximum atomic E-state index is 10.7. The lowest BCUT2D eigenvalue weighted by molar-refractivity contribution is 0.284. The van der Waals surface area contributed by atoms with Gasteiger partial charge in [0.15, 0.2) is 5.75 Å². The summed E-state index contributed by atoms with van der Waals surface area (Å²) in [7, 11) is -4.58. The van der Waals surface area contributed by atoms with Crippen LogP contribution in [0.15, 0.2) is 22.8 Å². The standard InChI is InChI=1S/C8H6BrClNO4P/c9-4-1-5(10)8-6(2-4)11-3-7(8)15-16(12,13)14/h1-3,11H,(H2,12,13,14). The monoisotopic (exact) mass is 325 g/mol. The molecule has 1 aromatic heterocycles. The predicted octanol–water partition coefficient (Wildman–Crippen LogP) is 3.06. The summed E-state index contributed by atoms with van der Waals surface area (Å²) in [5, 5.41) is 0.780. The number of fused-ring (bicyclic) bond motifs is 1. The number of phosphoric ester groups is 1. The van der Waals surface area contributed by atoms with Gasteiger partial charge in [-0.05, 0) is 12.1 Å². The number of rotatable bonds is 2. The van der Waals surface area contributed by atoms with Crippen molar-refractivity contribution in [3.8, 4) is 5.75 Å². The second-order valence-electron chi connectivity index (χ2n) is 3.04. The van der Waals surface area contributed by atoms with Crippen molar-refractivity contribution >= 4 is 46.3 Å². The summed E-state index contributed by atoms with van der Waals surface area (Å²) < 4.78 is 16.0. The molecule has 0 saturated carbocycles. The van der Waals surface area contributed by atoms with E-state index >= 15 is 0 Å². The molecule has 0 aliphatic carbocycles. The van der Waals surface area contributed by atoms with Crippen LogP contribution in [0.25, 0.3) is 10.9 Å². The molecule has 0 saturated heterocycles. The third-order valence-corrected chi connectivity index (χ3v) is 3.07. The molecular formula is C8H6BrClNO4P. The van der Waals surface area contributed by atoms with Gasteiger partial charge in [0.2, 0.25) is 0 Å². The summed E-state index contributed by atoms with van der Waals surface area (Å²) in [4.78, 5) is 20.2. The van der Waals surface area contributed by atoms with Gasteiger partial charge < -0.3 is 9.51 Å². The summed E-state index contributed by atoms with van der Waals surface area (Å²) in [5.41, 5.74) is 0.628. The minimum Gasteiger partial charge on any atom is -0.402 e. The van der Waals surface area contributed by atoms with Gasteiger partial charge in [-0.2, -0.15) is 0 Å². The molecule has 0 atom stereocenters. The topological polar surface area (TPSA) is 82.6 Å². The molecule has 86 valence electrons. The maximum absolute atomic E-state index is 10.7. The molecule has 2 aromatic rings. The minimum absolute atomic E-state index is 0.0285. The Morgan fingerprint density at radius 3 is 2.75 bits per heavy atom. The van der Waals surface area contributed by atoms with E-state index in [0.29, 0.717) is 15.9 Å². The molecule has 0 radical (unpaired) electrons. The van der Waals surface area contributed by atoms with Crippen LogP contribution in [0.1, 0.15) is 0 Å². The van der Waals surface area contributed by atoms with Gasteiger partial charge in [0.1, 0.15) is 0 Å². The zero-order valence-corrected chi connectivity index (χ0v) is 10.9. The average Bonchev–Trinajstić information content (AvgIpc) is 2.44. The van der Waals surface area contributed by atoms with E-state index in [9.17, 15) is 4.57 Å². The van der Waals surface area contributed by atoms with Crippen LogP contribution < -0.4 is 4.52 Å². The first-order valence-corrected chi connectivity index (χ1v) is 6.78. The third kappa shape index (κ3) is 2.42. The highest BCUT2D eigenvalue weighted by molar-refractivity contribution is 9.10. The Hall–Kier alpha value is -0.520. The third-order valence-electron chi connectivity index (χ3n) is 1.88. The molecule has 0 amide bonds. The van der Waals surface area contributed by atoms with E-state index < -0.39 is 7.82 Å². The number of hydrogen-bond acceptors (Lipinski definition) is 2. The number of benzene rings is 1. The fourth-order valence-corrected chi connectivity index (χ4v) is 2.66. The van der Waals surface area contributed by atoms with Gasteiger partial charge in [-0.3, -0.25) is 9.79 Å². The Kier molecular flexibility index (Phi) is 3.03. The number of phosphoric acid groups is 1.